The number of carbonyl (C=O) groups excluding carboxylic acids is 1. The highest BCUT2D eigenvalue weighted by molar-refractivity contribution is 7.18. The van der Waals surface area contributed by atoms with Gasteiger partial charge in [-0.25, -0.2) is 4.98 Å². The topological polar surface area (TPSA) is 86.9 Å². The van der Waals surface area contributed by atoms with Crippen LogP contribution < -0.4 is 16.2 Å². The van der Waals surface area contributed by atoms with E-state index in [9.17, 15) is 9.59 Å². The molecule has 1 amide bonds. The van der Waals surface area contributed by atoms with Crippen LogP contribution in [0.4, 0.5) is 0 Å². The van der Waals surface area contributed by atoms with Crippen LogP contribution in [0.1, 0.15) is 41.9 Å². The van der Waals surface area contributed by atoms with Crippen LogP contribution in [0.5, 0.6) is 0 Å². The number of aromatic amines is 1. The van der Waals surface area contributed by atoms with Gasteiger partial charge in [0.05, 0.1) is 5.39 Å². The van der Waals surface area contributed by atoms with Crippen LogP contribution in [0.25, 0.3) is 10.2 Å². The van der Waals surface area contributed by atoms with Gasteiger partial charge in [-0.15, -0.1) is 23.7 Å². The average Bonchev–Trinajstić information content (AvgIpc) is 2.88. The van der Waals surface area contributed by atoms with Crippen LogP contribution in [0.3, 0.4) is 0 Å². The second-order valence-corrected chi connectivity index (χ2v) is 8.03. The first-order valence-electron chi connectivity index (χ1n) is 9.01. The zero-order chi connectivity index (χ0) is 17.8. The molecule has 144 valence electrons. The van der Waals surface area contributed by atoms with Crippen molar-refractivity contribution in [1.29, 1.82) is 0 Å². The molecule has 0 bridgehead atoms. The van der Waals surface area contributed by atoms with Crippen molar-refractivity contribution >= 4 is 39.9 Å². The molecule has 3 heterocycles. The lowest BCUT2D eigenvalue weighted by atomic mass is 9.96. The van der Waals surface area contributed by atoms with Gasteiger partial charge >= 0.3 is 0 Å². The molecule has 0 saturated carbocycles. The molecule has 1 fully saturated rings. The molecule has 0 aromatic carbocycles. The number of fused-ring (bicyclic) bond motifs is 1. The Morgan fingerprint density at radius 3 is 2.92 bits per heavy atom. The third-order valence-corrected chi connectivity index (χ3v) is 6.05. The quantitative estimate of drug-likeness (QED) is 0.697. The van der Waals surface area contributed by atoms with E-state index < -0.39 is 0 Å². The number of nitrogens with one attached hydrogen (secondary N) is 3. The van der Waals surface area contributed by atoms with Gasteiger partial charge in [0, 0.05) is 24.3 Å². The predicted octanol–water partition coefficient (Wildman–Crippen LogP) is 2.46. The van der Waals surface area contributed by atoms with Gasteiger partial charge in [0.15, 0.2) is 0 Å². The van der Waals surface area contributed by atoms with E-state index in [1.54, 1.807) is 0 Å². The normalized spacial score (nSPS) is 17.1. The van der Waals surface area contributed by atoms with E-state index in [2.05, 4.69) is 20.6 Å². The predicted molar refractivity (Wildman–Crippen MR) is 109 cm³/mol. The maximum absolute atomic E-state index is 12.2. The van der Waals surface area contributed by atoms with Crippen molar-refractivity contribution in [3.05, 3.63) is 26.6 Å². The number of piperidine rings is 1. The average molecular weight is 399 g/mol. The Labute approximate surface area is 163 Å². The minimum Gasteiger partial charge on any atom is -0.356 e. The van der Waals surface area contributed by atoms with Gasteiger partial charge in [-0.3, -0.25) is 9.59 Å². The summed E-state index contributed by atoms with van der Waals surface area (Å²) in [6, 6.07) is 0. The van der Waals surface area contributed by atoms with Gasteiger partial charge < -0.3 is 15.6 Å². The highest BCUT2D eigenvalue weighted by atomic mass is 35.5. The van der Waals surface area contributed by atoms with E-state index in [1.807, 2.05) is 13.8 Å². The summed E-state index contributed by atoms with van der Waals surface area (Å²) in [7, 11) is 0. The number of halogens is 1. The van der Waals surface area contributed by atoms with E-state index in [0.717, 1.165) is 41.3 Å². The van der Waals surface area contributed by atoms with E-state index in [0.29, 0.717) is 30.0 Å². The summed E-state index contributed by atoms with van der Waals surface area (Å²) in [5.74, 6) is 1.27. The van der Waals surface area contributed by atoms with Crippen molar-refractivity contribution in [2.24, 2.45) is 5.92 Å². The number of H-pyrrole nitrogens is 1. The molecule has 0 radical (unpaired) electrons. The zero-order valence-electron chi connectivity index (χ0n) is 15.3. The number of thiophene rings is 1. The third kappa shape index (κ3) is 5.05. The Hall–Kier alpha value is -1.44. The van der Waals surface area contributed by atoms with E-state index in [-0.39, 0.29) is 23.9 Å². The highest BCUT2D eigenvalue weighted by Gasteiger charge is 2.14. The molecule has 2 aromatic heterocycles. The molecule has 1 saturated heterocycles. The Balaban J connectivity index is 0.00000243. The van der Waals surface area contributed by atoms with Crippen molar-refractivity contribution < 1.29 is 4.79 Å². The maximum atomic E-state index is 12.2. The second kappa shape index (κ2) is 9.48. The van der Waals surface area contributed by atoms with Crippen molar-refractivity contribution in [3.8, 4) is 0 Å². The zero-order valence-corrected chi connectivity index (χ0v) is 16.9. The van der Waals surface area contributed by atoms with Crippen LogP contribution >= 0.6 is 23.7 Å². The number of hydrogen-bond donors (Lipinski definition) is 3. The Morgan fingerprint density at radius 2 is 2.19 bits per heavy atom. The lowest BCUT2D eigenvalue weighted by Gasteiger charge is -2.22. The molecule has 1 atom stereocenters. The first kappa shape index (κ1) is 20.9. The molecular weight excluding hydrogens is 372 g/mol. The lowest BCUT2D eigenvalue weighted by molar-refractivity contribution is -0.121. The summed E-state index contributed by atoms with van der Waals surface area (Å²) in [6.45, 7) is 6.83. The number of hydrogen-bond acceptors (Lipinski definition) is 5. The van der Waals surface area contributed by atoms with Gasteiger partial charge in [0.25, 0.3) is 5.56 Å². The van der Waals surface area contributed by atoms with Crippen LogP contribution in [0.15, 0.2) is 4.79 Å². The van der Waals surface area contributed by atoms with Crippen molar-refractivity contribution in [2.45, 2.75) is 46.0 Å². The molecule has 2 aromatic rings. The number of amides is 1. The fraction of sp³-hybridized carbons (Fsp3) is 0.611. The molecule has 1 aliphatic rings. The Morgan fingerprint density at radius 1 is 1.38 bits per heavy atom. The Kier molecular flexibility index (Phi) is 7.61. The van der Waals surface area contributed by atoms with Gasteiger partial charge in [-0.1, -0.05) is 0 Å². The molecule has 6 nitrogen and oxygen atoms in total. The van der Waals surface area contributed by atoms with Crippen molar-refractivity contribution in [3.63, 3.8) is 0 Å². The van der Waals surface area contributed by atoms with E-state index >= 15 is 0 Å². The molecule has 3 rings (SSSR count). The summed E-state index contributed by atoms with van der Waals surface area (Å²) >= 11 is 1.53. The van der Waals surface area contributed by atoms with E-state index in [4.69, 9.17) is 0 Å². The van der Waals surface area contributed by atoms with Gasteiger partial charge in [0.1, 0.15) is 10.7 Å². The summed E-state index contributed by atoms with van der Waals surface area (Å²) in [5, 5.41) is 7.05. The smallest absolute Gasteiger partial charge is 0.259 e. The molecule has 1 unspecified atom stereocenters. The maximum Gasteiger partial charge on any atom is 0.259 e. The van der Waals surface area contributed by atoms with Crippen LogP contribution in [0.2, 0.25) is 0 Å². The largest absolute Gasteiger partial charge is 0.356 e. The van der Waals surface area contributed by atoms with Crippen molar-refractivity contribution in [1.82, 2.24) is 20.6 Å². The van der Waals surface area contributed by atoms with Crippen LogP contribution in [-0.4, -0.2) is 35.5 Å². The third-order valence-electron chi connectivity index (χ3n) is 4.95. The standard InChI is InChI=1S/C18H26N4O2S.ClH/c1-11-12(2)25-18-16(11)17(24)21-14(22-18)5-6-15(23)20-9-7-13-4-3-8-19-10-13;/h13,19H,3-10H2,1-2H3,(H,20,23)(H,21,22,24);1H. The molecule has 26 heavy (non-hydrogen) atoms. The van der Waals surface area contributed by atoms with Crippen LogP contribution in [0, 0.1) is 19.8 Å². The molecule has 1 aliphatic heterocycles. The summed E-state index contributed by atoms with van der Waals surface area (Å²) in [5.41, 5.74) is 0.891. The molecule has 0 spiro atoms. The molecule has 0 aliphatic carbocycles. The fourth-order valence-corrected chi connectivity index (χ4v) is 4.37. The fourth-order valence-electron chi connectivity index (χ4n) is 3.32. The molecule has 8 heteroatoms. The number of aromatic nitrogens is 2. The second-order valence-electron chi connectivity index (χ2n) is 6.83. The molecule has 3 N–H and O–H groups in total. The SMILES string of the molecule is Cc1sc2nc(CCC(=O)NCCC3CCCNC3)[nH]c(=O)c2c1C.Cl. The number of rotatable bonds is 6. The summed E-state index contributed by atoms with van der Waals surface area (Å²) in [4.78, 5) is 33.5. The van der Waals surface area contributed by atoms with Gasteiger partial charge in [-0.2, -0.15) is 0 Å². The van der Waals surface area contributed by atoms with Gasteiger partial charge in [0.2, 0.25) is 5.91 Å². The van der Waals surface area contributed by atoms with Crippen LogP contribution in [-0.2, 0) is 11.2 Å². The first-order valence-corrected chi connectivity index (χ1v) is 9.82. The highest BCUT2D eigenvalue weighted by Crippen LogP contribution is 2.25. The summed E-state index contributed by atoms with van der Waals surface area (Å²) in [6.07, 6.45) is 4.29. The van der Waals surface area contributed by atoms with Gasteiger partial charge in [-0.05, 0) is 57.7 Å². The first-order chi connectivity index (χ1) is 12.0. The molecular formula is C18H27ClN4O2S. The minimum absolute atomic E-state index is 0. The number of carbonyl (C=O) groups is 1. The summed E-state index contributed by atoms with van der Waals surface area (Å²) < 4.78 is 0. The number of nitrogens with zero attached hydrogens (tertiary/aromatic N) is 1. The van der Waals surface area contributed by atoms with Crippen molar-refractivity contribution in [2.75, 3.05) is 19.6 Å². The Bertz CT molecular complexity index is 811. The number of aryl methyl sites for hydroxylation is 3. The minimum atomic E-state index is -0.105. The monoisotopic (exact) mass is 398 g/mol. The van der Waals surface area contributed by atoms with E-state index in [1.165, 1.54) is 24.2 Å². The lowest BCUT2D eigenvalue weighted by Crippen LogP contribution is -2.33.